The van der Waals surface area contributed by atoms with Gasteiger partial charge in [0.2, 0.25) is 0 Å². The third-order valence-corrected chi connectivity index (χ3v) is 4.48. The first kappa shape index (κ1) is 14.4. The normalized spacial score (nSPS) is 32.0. The minimum Gasteiger partial charge on any atom is -0.465 e. The van der Waals surface area contributed by atoms with Gasteiger partial charge in [0.1, 0.15) is 0 Å². The van der Waals surface area contributed by atoms with Crippen LogP contribution in [0, 0.1) is 11.8 Å². The highest BCUT2D eigenvalue weighted by molar-refractivity contribution is 5.91. The van der Waals surface area contributed by atoms with Crippen LogP contribution in [0.4, 0.5) is 0 Å². The maximum atomic E-state index is 12.4. The summed E-state index contributed by atoms with van der Waals surface area (Å²) in [5, 5.41) is 19.5. The molecule has 6 heteroatoms. The molecule has 4 atom stereocenters. The second kappa shape index (κ2) is 5.69. The van der Waals surface area contributed by atoms with Gasteiger partial charge >= 0.3 is 0 Å². The fraction of sp³-hybridized carbons (Fsp3) is 0.667. The number of furan rings is 1. The van der Waals surface area contributed by atoms with E-state index in [2.05, 4.69) is 0 Å². The largest absolute Gasteiger partial charge is 0.465 e. The van der Waals surface area contributed by atoms with Crippen LogP contribution >= 0.6 is 0 Å². The zero-order chi connectivity index (χ0) is 15.0. The van der Waals surface area contributed by atoms with E-state index in [1.165, 1.54) is 0 Å². The van der Waals surface area contributed by atoms with Crippen molar-refractivity contribution in [3.63, 3.8) is 0 Å². The molecule has 2 N–H and O–H groups in total. The average molecular weight is 295 g/mol. The lowest BCUT2D eigenvalue weighted by molar-refractivity contribution is -0.0372. The number of likely N-dealkylation sites (tertiary alicyclic amines) is 1. The Morgan fingerprint density at radius 2 is 1.90 bits per heavy atom. The Bertz CT molecular complexity index is 496. The molecule has 1 aromatic heterocycles. The molecule has 1 amide bonds. The zero-order valence-electron chi connectivity index (χ0n) is 12.1. The van der Waals surface area contributed by atoms with Gasteiger partial charge in [-0.05, 0) is 37.7 Å². The highest BCUT2D eigenvalue weighted by atomic mass is 16.6. The van der Waals surface area contributed by atoms with Gasteiger partial charge in [-0.15, -0.1) is 0 Å². The smallest absolute Gasteiger partial charge is 0.289 e. The van der Waals surface area contributed by atoms with Crippen molar-refractivity contribution in [2.45, 2.75) is 32.0 Å². The maximum absolute atomic E-state index is 12.4. The number of carbonyl (C=O) groups excluding carboxylic acids is 1. The molecule has 6 nitrogen and oxygen atoms in total. The number of fused-ring (bicyclic) bond motifs is 1. The van der Waals surface area contributed by atoms with E-state index in [1.54, 1.807) is 17.0 Å². The Labute approximate surface area is 123 Å². The van der Waals surface area contributed by atoms with Gasteiger partial charge in [0, 0.05) is 19.2 Å². The standard InChI is InChI=1S/C15H21NO5/c1-2-20-14-4-3-13(21-14)15(19)16-7-9-5-11(17)12(18)6-10(9)8-16/h3-4,9-12,17-18H,2,5-8H2,1H3/t9-,10+,11+,12-. The molecule has 116 valence electrons. The molecular weight excluding hydrogens is 274 g/mol. The second-order valence-corrected chi connectivity index (χ2v) is 5.89. The number of hydrogen-bond donors (Lipinski definition) is 2. The van der Waals surface area contributed by atoms with Crippen molar-refractivity contribution in [1.29, 1.82) is 0 Å². The van der Waals surface area contributed by atoms with Crippen LogP contribution in [0.1, 0.15) is 30.3 Å². The van der Waals surface area contributed by atoms with Crippen LogP contribution in [0.25, 0.3) is 0 Å². The van der Waals surface area contributed by atoms with Crippen LogP contribution in [0.2, 0.25) is 0 Å². The molecule has 1 aliphatic carbocycles. The molecular formula is C15H21NO5. The minimum absolute atomic E-state index is 0.153. The summed E-state index contributed by atoms with van der Waals surface area (Å²) in [6.45, 7) is 3.56. The molecule has 21 heavy (non-hydrogen) atoms. The number of aliphatic hydroxyl groups excluding tert-OH is 2. The summed E-state index contributed by atoms with van der Waals surface area (Å²) in [7, 11) is 0. The molecule has 0 unspecified atom stereocenters. The summed E-state index contributed by atoms with van der Waals surface area (Å²) in [4.78, 5) is 14.2. The number of amides is 1. The van der Waals surface area contributed by atoms with Gasteiger partial charge in [-0.3, -0.25) is 4.79 Å². The molecule has 1 aromatic rings. The summed E-state index contributed by atoms with van der Waals surface area (Å²) in [5.41, 5.74) is 0. The summed E-state index contributed by atoms with van der Waals surface area (Å²) >= 11 is 0. The topological polar surface area (TPSA) is 83.1 Å². The monoisotopic (exact) mass is 295 g/mol. The van der Waals surface area contributed by atoms with Crippen LogP contribution in [0.15, 0.2) is 16.5 Å². The van der Waals surface area contributed by atoms with E-state index < -0.39 is 12.2 Å². The van der Waals surface area contributed by atoms with Gasteiger partial charge in [-0.1, -0.05) is 0 Å². The average Bonchev–Trinajstić information content (AvgIpc) is 3.06. The summed E-state index contributed by atoms with van der Waals surface area (Å²) in [6, 6.07) is 3.27. The third-order valence-electron chi connectivity index (χ3n) is 4.48. The van der Waals surface area contributed by atoms with Gasteiger partial charge in [0.05, 0.1) is 18.8 Å². The first-order chi connectivity index (χ1) is 10.1. The lowest BCUT2D eigenvalue weighted by Crippen LogP contribution is -2.38. The van der Waals surface area contributed by atoms with E-state index in [9.17, 15) is 15.0 Å². The van der Waals surface area contributed by atoms with Crippen LogP contribution in [0.3, 0.4) is 0 Å². The Morgan fingerprint density at radius 3 is 2.48 bits per heavy atom. The maximum Gasteiger partial charge on any atom is 0.289 e. The second-order valence-electron chi connectivity index (χ2n) is 5.89. The number of rotatable bonds is 3. The highest BCUT2D eigenvalue weighted by Gasteiger charge is 2.43. The molecule has 0 spiro atoms. The van der Waals surface area contributed by atoms with Crippen LogP contribution in [0.5, 0.6) is 5.95 Å². The summed E-state index contributed by atoms with van der Waals surface area (Å²) in [5.74, 6) is 0.989. The van der Waals surface area contributed by atoms with Gasteiger partial charge in [0.25, 0.3) is 11.9 Å². The van der Waals surface area contributed by atoms with Gasteiger partial charge in [-0.2, -0.15) is 0 Å². The number of ether oxygens (including phenoxy) is 1. The van der Waals surface area contributed by atoms with Crippen molar-refractivity contribution in [1.82, 2.24) is 4.90 Å². The van der Waals surface area contributed by atoms with Crippen molar-refractivity contribution < 1.29 is 24.2 Å². The van der Waals surface area contributed by atoms with Crippen molar-refractivity contribution in [3.8, 4) is 5.95 Å². The van der Waals surface area contributed by atoms with E-state index in [4.69, 9.17) is 9.15 Å². The Morgan fingerprint density at radius 1 is 1.29 bits per heavy atom. The minimum atomic E-state index is -0.672. The van der Waals surface area contributed by atoms with E-state index >= 15 is 0 Å². The molecule has 1 aliphatic heterocycles. The van der Waals surface area contributed by atoms with E-state index in [-0.39, 0.29) is 23.5 Å². The number of carbonyl (C=O) groups is 1. The predicted molar refractivity (Wildman–Crippen MR) is 74.0 cm³/mol. The Kier molecular flexibility index (Phi) is 3.91. The van der Waals surface area contributed by atoms with E-state index in [0.29, 0.717) is 38.5 Å². The van der Waals surface area contributed by atoms with E-state index in [1.807, 2.05) is 6.92 Å². The van der Waals surface area contributed by atoms with Crippen LogP contribution < -0.4 is 4.74 Å². The van der Waals surface area contributed by atoms with Crippen molar-refractivity contribution in [2.24, 2.45) is 11.8 Å². The summed E-state index contributed by atoms with van der Waals surface area (Å²) in [6.07, 6.45) is -0.236. The lowest BCUT2D eigenvalue weighted by Gasteiger charge is -2.31. The molecule has 0 aromatic carbocycles. The molecule has 0 radical (unpaired) electrons. The summed E-state index contributed by atoms with van der Waals surface area (Å²) < 4.78 is 10.6. The fourth-order valence-corrected chi connectivity index (χ4v) is 3.38. The van der Waals surface area contributed by atoms with Crippen molar-refractivity contribution in [3.05, 3.63) is 17.9 Å². The first-order valence-electron chi connectivity index (χ1n) is 7.46. The van der Waals surface area contributed by atoms with Crippen LogP contribution in [-0.2, 0) is 0 Å². The molecule has 3 rings (SSSR count). The van der Waals surface area contributed by atoms with Gasteiger partial charge < -0.3 is 24.3 Å². The van der Waals surface area contributed by atoms with Crippen molar-refractivity contribution >= 4 is 5.91 Å². The van der Waals surface area contributed by atoms with Gasteiger partial charge in [0.15, 0.2) is 5.76 Å². The Hall–Kier alpha value is -1.53. The predicted octanol–water partition coefficient (Wildman–Crippen LogP) is 0.882. The molecule has 2 fully saturated rings. The zero-order valence-corrected chi connectivity index (χ0v) is 12.1. The number of nitrogens with zero attached hydrogens (tertiary/aromatic N) is 1. The molecule has 1 saturated carbocycles. The van der Waals surface area contributed by atoms with Crippen LogP contribution in [-0.4, -0.2) is 52.9 Å². The lowest BCUT2D eigenvalue weighted by atomic mass is 9.79. The van der Waals surface area contributed by atoms with Crippen molar-refractivity contribution in [2.75, 3.05) is 19.7 Å². The molecule has 2 aliphatic rings. The highest BCUT2D eigenvalue weighted by Crippen LogP contribution is 2.37. The number of hydrogen-bond acceptors (Lipinski definition) is 5. The molecule has 2 heterocycles. The fourth-order valence-electron chi connectivity index (χ4n) is 3.38. The number of aliphatic hydroxyl groups is 2. The quantitative estimate of drug-likeness (QED) is 0.865. The van der Waals surface area contributed by atoms with E-state index in [0.717, 1.165) is 0 Å². The SMILES string of the molecule is CCOc1ccc(C(=O)N2C[C@H]3C[C@H](O)[C@H](O)C[C@H]3C2)o1. The third kappa shape index (κ3) is 2.78. The molecule has 0 bridgehead atoms. The molecule has 1 saturated heterocycles. The van der Waals surface area contributed by atoms with Gasteiger partial charge in [-0.25, -0.2) is 0 Å². The first-order valence-corrected chi connectivity index (χ1v) is 7.46. The Balaban J connectivity index is 1.66.